The van der Waals surface area contributed by atoms with Gasteiger partial charge in [0.05, 0.1) is 14.2 Å². The third kappa shape index (κ3) is 3.59. The van der Waals surface area contributed by atoms with E-state index in [1.807, 2.05) is 42.5 Å². The van der Waals surface area contributed by atoms with E-state index >= 15 is 0 Å². The van der Waals surface area contributed by atoms with E-state index in [2.05, 4.69) is 27.3 Å². The van der Waals surface area contributed by atoms with Crippen molar-refractivity contribution >= 4 is 11.9 Å². The Bertz CT molecular complexity index is 1060. The van der Waals surface area contributed by atoms with E-state index in [0.717, 1.165) is 11.1 Å². The third-order valence-electron chi connectivity index (χ3n) is 5.15. The normalized spacial score (nSPS) is 17.6. The van der Waals surface area contributed by atoms with Crippen molar-refractivity contribution in [2.75, 3.05) is 19.5 Å². The highest BCUT2D eigenvalue weighted by Crippen LogP contribution is 2.41. The Balaban J connectivity index is 1.71. The molecule has 0 unspecified atom stereocenters. The van der Waals surface area contributed by atoms with E-state index < -0.39 is 12.0 Å². The molecule has 0 radical (unpaired) electrons. The second-order valence-electron chi connectivity index (χ2n) is 6.91. The average molecular weight is 405 g/mol. The number of carbonyl (C=O) groups is 1. The third-order valence-corrected chi connectivity index (χ3v) is 5.15. The quantitative estimate of drug-likeness (QED) is 0.655. The van der Waals surface area contributed by atoms with Crippen LogP contribution in [0.4, 0.5) is 5.95 Å². The highest BCUT2D eigenvalue weighted by molar-refractivity contribution is 5.84. The molecule has 1 amide bonds. The van der Waals surface area contributed by atoms with Crippen LogP contribution in [-0.2, 0) is 11.3 Å². The largest absolute Gasteiger partial charge is 0.497 e. The number of hydrogen-bond acceptors (Lipinski definition) is 6. The summed E-state index contributed by atoms with van der Waals surface area (Å²) in [6.07, 6.45) is 1.45. The first kappa shape index (κ1) is 19.5. The van der Waals surface area contributed by atoms with E-state index in [0.29, 0.717) is 29.7 Å². The smallest absolute Gasteiger partial charge is 0.231 e. The summed E-state index contributed by atoms with van der Waals surface area (Å²) in [5.41, 5.74) is 2.34. The minimum atomic E-state index is -0.620. The van der Waals surface area contributed by atoms with Crippen LogP contribution in [0.5, 0.6) is 11.5 Å². The molecule has 2 aromatic carbocycles. The molecule has 0 fully saturated rings. The Kier molecular flexibility index (Phi) is 5.38. The molecule has 8 heteroatoms. The van der Waals surface area contributed by atoms with Crippen molar-refractivity contribution in [1.29, 1.82) is 0 Å². The standard InChI is InChI=1S/C22H23N5O3/c1-14-19(21(28)23-12-15-7-5-4-6-8-15)20(27-22(26-14)24-13-25-27)17-10-9-16(29-2)11-18(17)30-3/h4-11,13,19-20H,1,12H2,2-3H3,(H,23,28)(H,24,25,26)/t19-,20+/m0/s1. The molecule has 1 aliphatic heterocycles. The number of ether oxygens (including phenoxy) is 2. The fraction of sp³-hybridized carbons (Fsp3) is 0.227. The highest BCUT2D eigenvalue weighted by atomic mass is 16.5. The molecular formula is C22H23N5O3. The SMILES string of the molecule is C=C1Nc2ncnn2[C@H](c2ccc(OC)cc2OC)[C@H]1C(=O)NCc1ccccc1. The van der Waals surface area contributed by atoms with Crippen molar-refractivity contribution in [1.82, 2.24) is 20.1 Å². The van der Waals surface area contributed by atoms with Gasteiger partial charge in [-0.05, 0) is 17.7 Å². The van der Waals surface area contributed by atoms with Crippen molar-refractivity contribution in [3.8, 4) is 11.5 Å². The zero-order valence-corrected chi connectivity index (χ0v) is 16.8. The van der Waals surface area contributed by atoms with E-state index in [9.17, 15) is 4.79 Å². The first-order chi connectivity index (χ1) is 14.6. The van der Waals surface area contributed by atoms with Crippen molar-refractivity contribution in [3.05, 3.63) is 78.3 Å². The highest BCUT2D eigenvalue weighted by Gasteiger charge is 2.40. The van der Waals surface area contributed by atoms with Crippen LogP contribution in [0.25, 0.3) is 0 Å². The Morgan fingerprint density at radius 3 is 2.73 bits per heavy atom. The van der Waals surface area contributed by atoms with Crippen LogP contribution in [0, 0.1) is 5.92 Å². The lowest BCUT2D eigenvalue weighted by atomic mass is 9.87. The van der Waals surface area contributed by atoms with Crippen LogP contribution in [0.1, 0.15) is 17.2 Å². The number of methoxy groups -OCH3 is 2. The summed E-state index contributed by atoms with van der Waals surface area (Å²) >= 11 is 0. The molecule has 0 saturated heterocycles. The fourth-order valence-corrected chi connectivity index (χ4v) is 3.67. The first-order valence-corrected chi connectivity index (χ1v) is 9.51. The van der Waals surface area contributed by atoms with Crippen LogP contribution in [-0.4, -0.2) is 34.9 Å². The maximum atomic E-state index is 13.3. The molecule has 1 aliphatic rings. The molecule has 0 bridgehead atoms. The lowest BCUT2D eigenvalue weighted by Crippen LogP contribution is -2.42. The molecule has 3 aromatic rings. The molecule has 2 N–H and O–H groups in total. The van der Waals surface area contributed by atoms with Crippen LogP contribution in [0.2, 0.25) is 0 Å². The van der Waals surface area contributed by atoms with Gasteiger partial charge in [0.15, 0.2) is 0 Å². The van der Waals surface area contributed by atoms with Crippen LogP contribution >= 0.6 is 0 Å². The Morgan fingerprint density at radius 2 is 2.00 bits per heavy atom. The van der Waals surface area contributed by atoms with Gasteiger partial charge in [0, 0.05) is 23.9 Å². The lowest BCUT2D eigenvalue weighted by molar-refractivity contribution is -0.125. The maximum absolute atomic E-state index is 13.3. The Morgan fingerprint density at radius 1 is 1.20 bits per heavy atom. The monoisotopic (exact) mass is 405 g/mol. The average Bonchev–Trinajstić information content (AvgIpc) is 3.24. The molecule has 8 nitrogen and oxygen atoms in total. The van der Waals surface area contributed by atoms with Crippen molar-refractivity contribution in [2.24, 2.45) is 5.92 Å². The lowest BCUT2D eigenvalue weighted by Gasteiger charge is -2.34. The summed E-state index contributed by atoms with van der Waals surface area (Å²) in [4.78, 5) is 17.5. The number of fused-ring (bicyclic) bond motifs is 1. The second kappa shape index (κ2) is 8.28. The number of aromatic nitrogens is 3. The van der Waals surface area contributed by atoms with Gasteiger partial charge in [-0.15, -0.1) is 0 Å². The summed E-state index contributed by atoms with van der Waals surface area (Å²) in [5.74, 6) is 0.990. The number of anilines is 1. The van der Waals surface area contributed by atoms with Crippen LogP contribution in [0.3, 0.4) is 0 Å². The van der Waals surface area contributed by atoms with Gasteiger partial charge < -0.3 is 20.1 Å². The molecule has 0 saturated carbocycles. The van der Waals surface area contributed by atoms with Gasteiger partial charge in [0.1, 0.15) is 29.8 Å². The van der Waals surface area contributed by atoms with Crippen molar-refractivity contribution in [3.63, 3.8) is 0 Å². The minimum absolute atomic E-state index is 0.166. The van der Waals surface area contributed by atoms with Crippen molar-refractivity contribution < 1.29 is 14.3 Å². The number of hydrogen-bond donors (Lipinski definition) is 2. The van der Waals surface area contributed by atoms with Crippen LogP contribution in [0.15, 0.2) is 67.1 Å². The van der Waals surface area contributed by atoms with Gasteiger partial charge in [0.2, 0.25) is 11.9 Å². The van der Waals surface area contributed by atoms with Gasteiger partial charge in [0.25, 0.3) is 0 Å². The topological polar surface area (TPSA) is 90.3 Å². The van der Waals surface area contributed by atoms with Crippen LogP contribution < -0.4 is 20.1 Å². The zero-order chi connectivity index (χ0) is 21.1. The summed E-state index contributed by atoms with van der Waals surface area (Å²) in [6.45, 7) is 4.51. The Labute approximate surface area is 174 Å². The van der Waals surface area contributed by atoms with E-state index in [-0.39, 0.29) is 5.91 Å². The van der Waals surface area contributed by atoms with E-state index in [1.165, 1.54) is 6.33 Å². The van der Waals surface area contributed by atoms with Gasteiger partial charge in [-0.1, -0.05) is 36.9 Å². The number of carbonyl (C=O) groups excluding carboxylic acids is 1. The maximum Gasteiger partial charge on any atom is 0.231 e. The molecule has 154 valence electrons. The number of benzene rings is 2. The number of rotatable bonds is 6. The summed E-state index contributed by atoms with van der Waals surface area (Å²) in [5, 5.41) is 10.5. The number of nitrogens with one attached hydrogen (secondary N) is 2. The number of amides is 1. The first-order valence-electron chi connectivity index (χ1n) is 9.51. The summed E-state index contributed by atoms with van der Waals surface area (Å²) in [6, 6.07) is 14.8. The van der Waals surface area contributed by atoms with Gasteiger partial charge in [-0.2, -0.15) is 10.1 Å². The van der Waals surface area contributed by atoms with E-state index in [4.69, 9.17) is 9.47 Å². The number of nitrogens with zero attached hydrogens (tertiary/aromatic N) is 3. The molecule has 2 heterocycles. The molecule has 2 atom stereocenters. The Hall–Kier alpha value is -3.81. The molecule has 0 spiro atoms. The molecule has 4 rings (SSSR count). The van der Waals surface area contributed by atoms with Gasteiger partial charge >= 0.3 is 0 Å². The summed E-state index contributed by atoms with van der Waals surface area (Å²) < 4.78 is 12.6. The fourth-order valence-electron chi connectivity index (χ4n) is 3.67. The second-order valence-corrected chi connectivity index (χ2v) is 6.91. The predicted molar refractivity (Wildman–Crippen MR) is 112 cm³/mol. The van der Waals surface area contributed by atoms with Crippen molar-refractivity contribution in [2.45, 2.75) is 12.6 Å². The zero-order valence-electron chi connectivity index (χ0n) is 16.8. The predicted octanol–water partition coefficient (Wildman–Crippen LogP) is 2.76. The van der Waals surface area contributed by atoms with Gasteiger partial charge in [-0.3, -0.25) is 4.79 Å². The molecule has 1 aromatic heterocycles. The minimum Gasteiger partial charge on any atom is -0.497 e. The molecular weight excluding hydrogens is 382 g/mol. The molecule has 0 aliphatic carbocycles. The summed E-state index contributed by atoms with van der Waals surface area (Å²) in [7, 11) is 3.18. The van der Waals surface area contributed by atoms with Gasteiger partial charge in [-0.25, -0.2) is 4.68 Å². The van der Waals surface area contributed by atoms with E-state index in [1.54, 1.807) is 25.0 Å². The molecule has 30 heavy (non-hydrogen) atoms.